The maximum absolute atomic E-state index is 14.3. The fourth-order valence-electron chi connectivity index (χ4n) is 7.65. The highest BCUT2D eigenvalue weighted by Gasteiger charge is 2.56. The molecule has 0 spiro atoms. The fourth-order valence-corrected chi connectivity index (χ4v) is 8.72. The van der Waals surface area contributed by atoms with E-state index in [1.165, 1.54) is 18.1 Å². The van der Waals surface area contributed by atoms with Crippen LogP contribution < -0.4 is 19.1 Å². The molecule has 0 saturated carbocycles. The Morgan fingerprint density at radius 2 is 1.62 bits per heavy atom. The number of anilines is 1. The first-order valence-corrected chi connectivity index (χ1v) is 17.8. The lowest BCUT2D eigenvalue weighted by atomic mass is 9.59. The van der Waals surface area contributed by atoms with Gasteiger partial charge >= 0.3 is 0 Å². The van der Waals surface area contributed by atoms with Crippen molar-refractivity contribution in [1.29, 1.82) is 0 Å². The Bertz CT molecular complexity index is 2110. The van der Waals surface area contributed by atoms with Gasteiger partial charge in [-0.15, -0.1) is 0 Å². The highest BCUT2D eigenvalue weighted by Crippen LogP contribution is 2.56. The predicted octanol–water partition coefficient (Wildman–Crippen LogP) is 7.16. The van der Waals surface area contributed by atoms with Gasteiger partial charge in [0.2, 0.25) is 11.8 Å². The Morgan fingerprint density at radius 1 is 0.880 bits per heavy atom. The smallest absolute Gasteiger partial charge is 0.238 e. The van der Waals surface area contributed by atoms with Crippen LogP contribution in [0.3, 0.4) is 0 Å². The summed E-state index contributed by atoms with van der Waals surface area (Å²) in [5.74, 6) is -2.11. The number of methoxy groups -OCH3 is 3. The van der Waals surface area contributed by atoms with E-state index in [1.54, 1.807) is 38.5 Å². The summed E-state index contributed by atoms with van der Waals surface area (Å²) in [6, 6.07) is 16.1. The molecule has 3 aromatic carbocycles. The fraction of sp³-hybridized carbons (Fsp3) is 0.231. The maximum Gasteiger partial charge on any atom is 0.238 e. The maximum atomic E-state index is 14.3. The summed E-state index contributed by atoms with van der Waals surface area (Å²) in [7, 11) is 4.65. The number of rotatable bonds is 7. The second kappa shape index (κ2) is 13.3. The number of hydrogen-bond donors (Lipinski definition) is 1. The summed E-state index contributed by atoms with van der Waals surface area (Å²) in [6.07, 6.45) is 7.54. The summed E-state index contributed by atoms with van der Waals surface area (Å²) in [6.45, 7) is 0. The summed E-state index contributed by atoms with van der Waals surface area (Å²) >= 11 is 5.27. The van der Waals surface area contributed by atoms with Crippen LogP contribution in [0.15, 0.2) is 88.0 Å². The van der Waals surface area contributed by atoms with Crippen LogP contribution in [-0.2, 0) is 19.2 Å². The highest BCUT2D eigenvalue weighted by atomic mass is 127. The van der Waals surface area contributed by atoms with E-state index in [4.69, 9.17) is 14.2 Å². The molecule has 9 nitrogen and oxygen atoms in total. The van der Waals surface area contributed by atoms with E-state index in [2.05, 4.69) is 15.9 Å². The third kappa shape index (κ3) is 5.60. The number of benzene rings is 3. The standard InChI is InChI=1S/C39H31BrINO8/c1-48-23-10-13-31(49-2)20(14-23)7-4-19-5-8-22(9-6-19)42-38(46)25-12-11-24-26(34(25)39(42)47)17-27-35(30(43)18-28(40)36(27)44)33(24)21-15-29(41)37(45)32(16-21)50-3/h4-11,13-16,18,25-26,33-34,45H,12,17H2,1-3H3/t25-,26+,33-,34-/m0/s1. The van der Waals surface area contributed by atoms with E-state index in [9.17, 15) is 24.3 Å². The molecule has 7 rings (SSSR count). The molecule has 1 N–H and O–H groups in total. The number of amides is 2. The second-order valence-corrected chi connectivity index (χ2v) is 14.5. The largest absolute Gasteiger partial charge is 0.504 e. The van der Waals surface area contributed by atoms with Crippen LogP contribution >= 0.6 is 38.5 Å². The summed E-state index contributed by atoms with van der Waals surface area (Å²) in [5, 5.41) is 10.6. The van der Waals surface area contributed by atoms with Crippen LogP contribution in [0.25, 0.3) is 12.2 Å². The molecule has 50 heavy (non-hydrogen) atoms. The van der Waals surface area contributed by atoms with Gasteiger partial charge in [-0.05, 0) is 111 Å². The van der Waals surface area contributed by atoms with Crippen molar-refractivity contribution in [1.82, 2.24) is 0 Å². The Morgan fingerprint density at radius 3 is 2.32 bits per heavy atom. The number of carbonyl (C=O) groups is 4. The van der Waals surface area contributed by atoms with Gasteiger partial charge in [-0.3, -0.25) is 24.1 Å². The van der Waals surface area contributed by atoms with Gasteiger partial charge in [-0.1, -0.05) is 35.9 Å². The molecule has 4 aliphatic rings. The first-order valence-electron chi connectivity index (χ1n) is 15.9. The van der Waals surface area contributed by atoms with Gasteiger partial charge in [0, 0.05) is 28.7 Å². The Balaban J connectivity index is 1.22. The van der Waals surface area contributed by atoms with Gasteiger partial charge in [0.1, 0.15) is 11.5 Å². The molecule has 1 fully saturated rings. The number of phenolic OH excluding ortho intramolecular Hbond substituents is 1. The van der Waals surface area contributed by atoms with Crippen molar-refractivity contribution in [3.05, 3.63) is 108 Å². The third-order valence-corrected chi connectivity index (χ3v) is 11.4. The lowest BCUT2D eigenvalue weighted by Gasteiger charge is -2.42. The van der Waals surface area contributed by atoms with Crippen LogP contribution in [0, 0.1) is 21.3 Å². The van der Waals surface area contributed by atoms with Crippen molar-refractivity contribution in [2.75, 3.05) is 26.2 Å². The highest BCUT2D eigenvalue weighted by molar-refractivity contribution is 14.1. The van der Waals surface area contributed by atoms with E-state index in [1.807, 2.05) is 71.2 Å². The number of halogens is 2. The number of aromatic hydroxyl groups is 1. The minimum absolute atomic E-state index is 0.0291. The zero-order valence-corrected chi connectivity index (χ0v) is 31.0. The quantitative estimate of drug-likeness (QED) is 0.0876. The normalized spacial score (nSPS) is 23.0. The van der Waals surface area contributed by atoms with Gasteiger partial charge in [-0.2, -0.15) is 0 Å². The van der Waals surface area contributed by atoms with Crippen LogP contribution in [-0.4, -0.2) is 49.8 Å². The third-order valence-electron chi connectivity index (χ3n) is 9.98. The molecule has 3 aromatic rings. The van der Waals surface area contributed by atoms with Crippen LogP contribution in [0.1, 0.15) is 35.4 Å². The van der Waals surface area contributed by atoms with Crippen molar-refractivity contribution in [3.63, 3.8) is 0 Å². The Hall–Kier alpha value is -4.49. The van der Waals surface area contributed by atoms with Gasteiger partial charge in [-0.25, -0.2) is 0 Å². The number of phenols is 1. The van der Waals surface area contributed by atoms with Crippen LogP contribution in [0.4, 0.5) is 5.69 Å². The van der Waals surface area contributed by atoms with Crippen molar-refractivity contribution in [2.24, 2.45) is 17.8 Å². The van der Waals surface area contributed by atoms with Crippen molar-refractivity contribution < 1.29 is 38.5 Å². The van der Waals surface area contributed by atoms with Gasteiger partial charge in [0.15, 0.2) is 23.1 Å². The predicted molar refractivity (Wildman–Crippen MR) is 199 cm³/mol. The first kappa shape index (κ1) is 34.0. The number of Topliss-reactive ketones (excluding diaryl/α,β-unsaturated/α-hetero) is 1. The molecule has 0 bridgehead atoms. The molecule has 1 saturated heterocycles. The van der Waals surface area contributed by atoms with E-state index in [0.29, 0.717) is 43.9 Å². The molecule has 1 aliphatic heterocycles. The first-order chi connectivity index (χ1) is 24.1. The lowest BCUT2D eigenvalue weighted by Crippen LogP contribution is -2.39. The van der Waals surface area contributed by atoms with E-state index in [0.717, 1.165) is 16.7 Å². The van der Waals surface area contributed by atoms with Crippen molar-refractivity contribution >= 4 is 79.7 Å². The van der Waals surface area contributed by atoms with Crippen molar-refractivity contribution in [2.45, 2.75) is 18.8 Å². The summed E-state index contributed by atoms with van der Waals surface area (Å²) in [5.41, 5.74) is 4.31. The van der Waals surface area contributed by atoms with Crippen LogP contribution in [0.2, 0.25) is 0 Å². The van der Waals surface area contributed by atoms with Crippen LogP contribution in [0.5, 0.6) is 23.0 Å². The zero-order valence-electron chi connectivity index (χ0n) is 27.2. The number of carbonyl (C=O) groups excluding carboxylic acids is 4. The minimum Gasteiger partial charge on any atom is -0.504 e. The number of nitrogens with zero attached hydrogens (tertiary/aromatic N) is 1. The number of hydrogen-bond acceptors (Lipinski definition) is 8. The molecule has 0 radical (unpaired) electrons. The van der Waals surface area contributed by atoms with E-state index >= 15 is 0 Å². The number of fused-ring (bicyclic) bond motifs is 3. The number of ketones is 2. The molecular formula is C39H31BrINO8. The SMILES string of the molecule is COc1ccc(OC)c(C=Cc2ccc(N3C(=O)[C@H]4[C@H](CC=C5[C@H](c6cc(I)c(O)c(OC)c6)C6=C(C[C@H]54)C(=O)C(Br)=CC6=O)C3=O)cc2)c1. The van der Waals surface area contributed by atoms with E-state index in [-0.39, 0.29) is 45.8 Å². The number of ether oxygens (including phenoxy) is 3. The Labute approximate surface area is 310 Å². The zero-order chi connectivity index (χ0) is 35.4. The summed E-state index contributed by atoms with van der Waals surface area (Å²) < 4.78 is 16.9. The molecule has 1 heterocycles. The minimum atomic E-state index is -0.718. The average molecular weight is 848 g/mol. The number of allylic oxidation sites excluding steroid dienone is 6. The molecule has 0 aromatic heterocycles. The topological polar surface area (TPSA) is 119 Å². The van der Waals surface area contributed by atoms with Gasteiger partial charge < -0.3 is 19.3 Å². The molecule has 0 unspecified atom stereocenters. The van der Waals surface area contributed by atoms with Gasteiger partial charge in [0.25, 0.3) is 0 Å². The molecule has 11 heteroatoms. The lowest BCUT2D eigenvalue weighted by molar-refractivity contribution is -0.123. The molecule has 254 valence electrons. The summed E-state index contributed by atoms with van der Waals surface area (Å²) in [4.78, 5) is 56.7. The monoisotopic (exact) mass is 847 g/mol. The second-order valence-electron chi connectivity index (χ2n) is 12.5. The molecule has 4 atom stereocenters. The average Bonchev–Trinajstić information content (AvgIpc) is 3.38. The molecule has 3 aliphatic carbocycles. The Kier molecular flexibility index (Phi) is 9.06. The molecular weight excluding hydrogens is 817 g/mol. The number of imide groups is 1. The van der Waals surface area contributed by atoms with E-state index < -0.39 is 23.7 Å². The molecule has 2 amide bonds. The van der Waals surface area contributed by atoms with Gasteiger partial charge in [0.05, 0.1) is 46.9 Å². The van der Waals surface area contributed by atoms with Crippen molar-refractivity contribution in [3.8, 4) is 23.0 Å².